The third-order valence-corrected chi connectivity index (χ3v) is 6.59. The van der Waals surface area contributed by atoms with Gasteiger partial charge in [-0.25, -0.2) is 0 Å². The quantitative estimate of drug-likeness (QED) is 0.885. The highest BCUT2D eigenvalue weighted by Crippen LogP contribution is 2.49. The van der Waals surface area contributed by atoms with E-state index < -0.39 is 6.04 Å². The molecule has 1 aliphatic carbocycles. The maximum Gasteiger partial charge on any atom is 0.221 e. The number of likely N-dealkylation sites (tertiary alicyclic amines) is 1. The minimum atomic E-state index is -0.551. The van der Waals surface area contributed by atoms with Gasteiger partial charge in [0.1, 0.15) is 17.9 Å². The molecule has 0 aromatic heterocycles. The molecule has 0 bridgehead atoms. The van der Waals surface area contributed by atoms with Crippen LogP contribution in [-0.4, -0.2) is 48.4 Å². The Hall–Kier alpha value is -1.88. The molecule has 27 heavy (non-hydrogen) atoms. The van der Waals surface area contributed by atoms with Gasteiger partial charge in [0, 0.05) is 30.4 Å². The topological polar surface area (TPSA) is 58.6 Å². The molecule has 5 nitrogen and oxygen atoms in total. The summed E-state index contributed by atoms with van der Waals surface area (Å²) in [6.45, 7) is 7.17. The third kappa shape index (κ3) is 3.49. The number of carbonyl (C=O) groups excluding carboxylic acids is 2. The minimum Gasteiger partial charge on any atom is -0.487 e. The van der Waals surface area contributed by atoms with Gasteiger partial charge >= 0.3 is 0 Å². The summed E-state index contributed by atoms with van der Waals surface area (Å²) in [5.74, 6) is 0.905. The predicted octanol–water partition coefficient (Wildman–Crippen LogP) is 2.74. The van der Waals surface area contributed by atoms with Crippen LogP contribution in [-0.2, 0) is 15.0 Å². The first-order chi connectivity index (χ1) is 13.0. The SMILES string of the molecule is Cc1ccc2c(c1)[C@@]1(C)CCC(=O)[C@@H](NC(=O)CCN3CCCCC3)[C@H]1O2. The molecule has 0 radical (unpaired) electrons. The van der Waals surface area contributed by atoms with Crippen molar-refractivity contribution in [2.75, 3.05) is 19.6 Å². The van der Waals surface area contributed by atoms with Crippen LogP contribution < -0.4 is 10.1 Å². The van der Waals surface area contributed by atoms with Crippen molar-refractivity contribution in [3.8, 4) is 5.75 Å². The Kier molecular flexibility index (Phi) is 4.97. The molecule has 1 aromatic carbocycles. The summed E-state index contributed by atoms with van der Waals surface area (Å²) in [4.78, 5) is 27.6. The maximum absolute atomic E-state index is 12.6. The summed E-state index contributed by atoms with van der Waals surface area (Å²) in [5, 5.41) is 3.01. The molecule has 1 saturated carbocycles. The number of rotatable bonds is 4. The van der Waals surface area contributed by atoms with E-state index in [1.165, 1.54) is 30.4 Å². The van der Waals surface area contributed by atoms with E-state index in [4.69, 9.17) is 4.74 Å². The van der Waals surface area contributed by atoms with Gasteiger partial charge < -0.3 is 15.0 Å². The second-order valence-electron chi connectivity index (χ2n) is 8.62. The van der Waals surface area contributed by atoms with Gasteiger partial charge in [-0.05, 0) is 45.3 Å². The number of hydrogen-bond donors (Lipinski definition) is 1. The fourth-order valence-electron chi connectivity index (χ4n) is 4.88. The lowest BCUT2D eigenvalue weighted by Crippen LogP contribution is -2.59. The van der Waals surface area contributed by atoms with Crippen LogP contribution in [0, 0.1) is 6.92 Å². The van der Waals surface area contributed by atoms with E-state index in [-0.39, 0.29) is 23.2 Å². The average Bonchev–Trinajstić information content (AvgIpc) is 2.96. The third-order valence-electron chi connectivity index (χ3n) is 6.59. The second-order valence-corrected chi connectivity index (χ2v) is 8.62. The molecule has 1 saturated heterocycles. The first-order valence-corrected chi connectivity index (χ1v) is 10.3. The zero-order valence-electron chi connectivity index (χ0n) is 16.4. The van der Waals surface area contributed by atoms with Crippen molar-refractivity contribution in [3.63, 3.8) is 0 Å². The van der Waals surface area contributed by atoms with Crippen LogP contribution in [0.3, 0.4) is 0 Å². The lowest BCUT2D eigenvalue weighted by Gasteiger charge is -2.39. The fourth-order valence-corrected chi connectivity index (χ4v) is 4.88. The first-order valence-electron chi connectivity index (χ1n) is 10.3. The van der Waals surface area contributed by atoms with Crippen LogP contribution in [0.2, 0.25) is 0 Å². The number of benzene rings is 1. The number of hydrogen-bond acceptors (Lipinski definition) is 4. The highest BCUT2D eigenvalue weighted by atomic mass is 16.5. The molecule has 2 heterocycles. The number of fused-ring (bicyclic) bond motifs is 3. The zero-order chi connectivity index (χ0) is 19.0. The number of nitrogens with one attached hydrogen (secondary N) is 1. The van der Waals surface area contributed by atoms with Crippen LogP contribution in [0.5, 0.6) is 5.75 Å². The summed E-state index contributed by atoms with van der Waals surface area (Å²) in [7, 11) is 0. The molecular formula is C22H30N2O3. The molecule has 1 aromatic rings. The Morgan fingerprint density at radius 2 is 2.07 bits per heavy atom. The van der Waals surface area contributed by atoms with Gasteiger partial charge in [0.25, 0.3) is 0 Å². The van der Waals surface area contributed by atoms with E-state index >= 15 is 0 Å². The standard InChI is InChI=1S/C22H30N2O3/c1-15-6-7-18-16(14-15)22(2)10-8-17(25)20(21(22)27-18)23-19(26)9-13-24-11-4-3-5-12-24/h6-7,14,20-21H,3-5,8-13H2,1-2H3,(H,23,26)/t20-,21-,22-/m1/s1. The predicted molar refractivity (Wildman–Crippen MR) is 104 cm³/mol. The Labute approximate surface area is 161 Å². The van der Waals surface area contributed by atoms with Crippen molar-refractivity contribution < 1.29 is 14.3 Å². The Morgan fingerprint density at radius 3 is 2.85 bits per heavy atom. The molecule has 5 heteroatoms. The summed E-state index contributed by atoms with van der Waals surface area (Å²) >= 11 is 0. The van der Waals surface area contributed by atoms with Crippen molar-refractivity contribution >= 4 is 11.7 Å². The number of amides is 1. The van der Waals surface area contributed by atoms with Crippen molar-refractivity contribution in [2.45, 2.75) is 69.9 Å². The summed E-state index contributed by atoms with van der Waals surface area (Å²) in [6.07, 6.45) is 5.11. The Morgan fingerprint density at radius 1 is 1.30 bits per heavy atom. The number of ketones is 1. The maximum atomic E-state index is 12.6. The summed E-state index contributed by atoms with van der Waals surface area (Å²) < 4.78 is 6.20. The molecule has 0 spiro atoms. The van der Waals surface area contributed by atoms with Gasteiger partial charge in [-0.3, -0.25) is 9.59 Å². The number of carbonyl (C=O) groups is 2. The lowest BCUT2D eigenvalue weighted by molar-refractivity contribution is -0.133. The van der Waals surface area contributed by atoms with Crippen molar-refractivity contribution in [1.82, 2.24) is 10.2 Å². The minimum absolute atomic E-state index is 0.0427. The first kappa shape index (κ1) is 18.5. The monoisotopic (exact) mass is 370 g/mol. The number of aryl methyl sites for hydroxylation is 1. The van der Waals surface area contributed by atoms with Crippen LogP contribution in [0.25, 0.3) is 0 Å². The van der Waals surface area contributed by atoms with Gasteiger partial charge in [-0.15, -0.1) is 0 Å². The molecule has 0 unspecified atom stereocenters. The van der Waals surface area contributed by atoms with Crippen LogP contribution in [0.15, 0.2) is 18.2 Å². The smallest absolute Gasteiger partial charge is 0.221 e. The van der Waals surface area contributed by atoms with Crippen LogP contribution in [0.1, 0.15) is 56.6 Å². The average molecular weight is 370 g/mol. The van der Waals surface area contributed by atoms with Gasteiger partial charge in [0.2, 0.25) is 5.91 Å². The van der Waals surface area contributed by atoms with Gasteiger partial charge in [-0.1, -0.05) is 31.0 Å². The van der Waals surface area contributed by atoms with Gasteiger partial charge in [0.05, 0.1) is 0 Å². The van der Waals surface area contributed by atoms with Crippen molar-refractivity contribution in [3.05, 3.63) is 29.3 Å². The Balaban J connectivity index is 1.44. The van der Waals surface area contributed by atoms with E-state index in [0.717, 1.165) is 31.8 Å². The number of piperidine rings is 1. The normalized spacial score (nSPS) is 30.4. The number of ether oxygens (including phenoxy) is 1. The molecule has 2 aliphatic heterocycles. The lowest BCUT2D eigenvalue weighted by atomic mass is 9.67. The van der Waals surface area contributed by atoms with E-state index in [1.54, 1.807) is 0 Å². The van der Waals surface area contributed by atoms with Crippen LogP contribution in [0.4, 0.5) is 0 Å². The second kappa shape index (κ2) is 7.27. The van der Waals surface area contributed by atoms with Crippen molar-refractivity contribution in [1.29, 1.82) is 0 Å². The largest absolute Gasteiger partial charge is 0.487 e. The Bertz CT molecular complexity index is 741. The number of Topliss-reactive ketones (excluding diaryl/α,β-unsaturated/α-hetero) is 1. The highest BCUT2D eigenvalue weighted by molar-refractivity contribution is 5.91. The summed E-state index contributed by atoms with van der Waals surface area (Å²) in [6, 6.07) is 5.65. The van der Waals surface area contributed by atoms with Gasteiger partial charge in [-0.2, -0.15) is 0 Å². The van der Waals surface area contributed by atoms with E-state index in [0.29, 0.717) is 12.8 Å². The molecule has 1 N–H and O–H groups in total. The highest BCUT2D eigenvalue weighted by Gasteiger charge is 2.54. The molecular weight excluding hydrogens is 340 g/mol. The van der Waals surface area contributed by atoms with Crippen LogP contribution >= 0.6 is 0 Å². The molecule has 1 amide bonds. The summed E-state index contributed by atoms with van der Waals surface area (Å²) in [5.41, 5.74) is 2.14. The molecule has 3 aliphatic rings. The van der Waals surface area contributed by atoms with E-state index in [9.17, 15) is 9.59 Å². The van der Waals surface area contributed by atoms with Gasteiger partial charge in [0.15, 0.2) is 5.78 Å². The van der Waals surface area contributed by atoms with E-state index in [2.05, 4.69) is 30.1 Å². The molecule has 2 fully saturated rings. The zero-order valence-corrected chi connectivity index (χ0v) is 16.4. The fraction of sp³-hybridized carbons (Fsp3) is 0.636. The molecule has 3 atom stereocenters. The number of nitrogens with zero attached hydrogens (tertiary/aromatic N) is 1. The molecule has 146 valence electrons. The van der Waals surface area contributed by atoms with E-state index in [1.807, 2.05) is 12.1 Å². The molecule has 4 rings (SSSR count). The van der Waals surface area contributed by atoms with Crippen molar-refractivity contribution in [2.24, 2.45) is 0 Å².